The molecule has 0 bridgehead atoms. The fraction of sp³-hybridized carbons (Fsp3) is 0.500. The normalized spacial score (nSPS) is 12.1. The summed E-state index contributed by atoms with van der Waals surface area (Å²) < 4.78 is 4.47. The van der Waals surface area contributed by atoms with Crippen LogP contribution in [0.5, 0.6) is 0 Å². The topological polar surface area (TPSA) is 46.5 Å². The first-order chi connectivity index (χ1) is 4.35. The molecule has 0 aromatic rings. The second-order valence-corrected chi connectivity index (χ2v) is 1.52. The van der Waals surface area contributed by atoms with Gasteiger partial charge in [-0.2, -0.15) is 0 Å². The second-order valence-electron chi connectivity index (χ2n) is 1.52. The van der Waals surface area contributed by atoms with Crippen molar-refractivity contribution in [1.29, 1.82) is 0 Å². The first-order valence-electron chi connectivity index (χ1n) is 2.67. The summed E-state index contributed by atoms with van der Waals surface area (Å²) in [4.78, 5) is 9.70. The highest BCUT2D eigenvalue weighted by molar-refractivity contribution is 5.37. The van der Waals surface area contributed by atoms with Crippen LogP contribution < -0.4 is 0 Å². The molecule has 0 saturated carbocycles. The van der Waals surface area contributed by atoms with Crippen molar-refractivity contribution in [3.05, 3.63) is 12.7 Å². The highest BCUT2D eigenvalue weighted by Gasteiger charge is 2.00. The zero-order valence-corrected chi connectivity index (χ0v) is 5.12. The standard InChI is InChI=1S/C6H10O3/c1-2-6(3-4-7)9-5-8/h2,5-7H,1,3-4H2. The molecule has 1 atom stereocenters. The van der Waals surface area contributed by atoms with E-state index in [1.165, 1.54) is 6.08 Å². The molecule has 0 radical (unpaired) electrons. The van der Waals surface area contributed by atoms with Gasteiger partial charge < -0.3 is 9.84 Å². The molecule has 0 spiro atoms. The highest BCUT2D eigenvalue weighted by Crippen LogP contribution is 1.95. The Labute approximate surface area is 53.9 Å². The Kier molecular flexibility index (Phi) is 4.82. The van der Waals surface area contributed by atoms with E-state index in [0.717, 1.165) is 0 Å². The Balaban J connectivity index is 3.40. The van der Waals surface area contributed by atoms with Crippen LogP contribution in [0, 0.1) is 0 Å². The van der Waals surface area contributed by atoms with E-state index >= 15 is 0 Å². The summed E-state index contributed by atoms with van der Waals surface area (Å²) in [6.45, 7) is 3.76. The number of ether oxygens (including phenoxy) is 1. The molecule has 0 aliphatic carbocycles. The number of aliphatic hydroxyl groups is 1. The van der Waals surface area contributed by atoms with E-state index in [1.807, 2.05) is 0 Å². The van der Waals surface area contributed by atoms with Gasteiger partial charge in [-0.1, -0.05) is 12.7 Å². The second kappa shape index (κ2) is 5.31. The van der Waals surface area contributed by atoms with Crippen molar-refractivity contribution in [1.82, 2.24) is 0 Å². The van der Waals surface area contributed by atoms with E-state index in [0.29, 0.717) is 12.9 Å². The van der Waals surface area contributed by atoms with Crippen LogP contribution in [0.1, 0.15) is 6.42 Å². The lowest BCUT2D eigenvalue weighted by atomic mass is 10.3. The van der Waals surface area contributed by atoms with Crippen LogP contribution in [0.3, 0.4) is 0 Å². The molecule has 0 aromatic carbocycles. The van der Waals surface area contributed by atoms with Crippen molar-refractivity contribution in [2.75, 3.05) is 6.61 Å². The van der Waals surface area contributed by atoms with Crippen LogP contribution in [0.25, 0.3) is 0 Å². The van der Waals surface area contributed by atoms with E-state index in [1.54, 1.807) is 0 Å². The van der Waals surface area contributed by atoms with Gasteiger partial charge in [0.1, 0.15) is 6.10 Å². The van der Waals surface area contributed by atoms with Gasteiger partial charge in [-0.25, -0.2) is 0 Å². The van der Waals surface area contributed by atoms with Crippen LogP contribution in [0.4, 0.5) is 0 Å². The number of carbonyl (C=O) groups excluding carboxylic acids is 1. The van der Waals surface area contributed by atoms with Gasteiger partial charge in [0.2, 0.25) is 0 Å². The molecule has 1 unspecified atom stereocenters. The van der Waals surface area contributed by atoms with Crippen molar-refractivity contribution >= 4 is 6.47 Å². The van der Waals surface area contributed by atoms with Crippen LogP contribution in [0.15, 0.2) is 12.7 Å². The van der Waals surface area contributed by atoms with E-state index < -0.39 is 0 Å². The van der Waals surface area contributed by atoms with Gasteiger partial charge in [0, 0.05) is 13.0 Å². The minimum absolute atomic E-state index is 0.00449. The summed E-state index contributed by atoms with van der Waals surface area (Å²) in [7, 11) is 0. The van der Waals surface area contributed by atoms with Crippen molar-refractivity contribution < 1.29 is 14.6 Å². The minimum Gasteiger partial charge on any atom is -0.460 e. The van der Waals surface area contributed by atoms with Gasteiger partial charge in [-0.3, -0.25) is 4.79 Å². The van der Waals surface area contributed by atoms with Crippen LogP contribution in [0.2, 0.25) is 0 Å². The number of aliphatic hydroxyl groups excluding tert-OH is 1. The molecular weight excluding hydrogens is 120 g/mol. The molecule has 0 aliphatic rings. The number of hydrogen-bond donors (Lipinski definition) is 1. The third kappa shape index (κ3) is 3.73. The van der Waals surface area contributed by atoms with Crippen molar-refractivity contribution in [2.24, 2.45) is 0 Å². The molecule has 3 nitrogen and oxygen atoms in total. The number of rotatable bonds is 5. The molecule has 3 heteroatoms. The molecule has 1 N–H and O–H groups in total. The van der Waals surface area contributed by atoms with Gasteiger partial charge in [-0.15, -0.1) is 0 Å². The fourth-order valence-electron chi connectivity index (χ4n) is 0.440. The Morgan fingerprint density at radius 2 is 2.44 bits per heavy atom. The van der Waals surface area contributed by atoms with Gasteiger partial charge >= 0.3 is 0 Å². The fourth-order valence-corrected chi connectivity index (χ4v) is 0.440. The molecule has 0 rings (SSSR count). The number of carbonyl (C=O) groups is 1. The van der Waals surface area contributed by atoms with E-state index in [-0.39, 0.29) is 12.7 Å². The van der Waals surface area contributed by atoms with Crippen molar-refractivity contribution in [3.63, 3.8) is 0 Å². The predicted molar refractivity (Wildman–Crippen MR) is 32.8 cm³/mol. The van der Waals surface area contributed by atoms with E-state index in [2.05, 4.69) is 11.3 Å². The average Bonchev–Trinajstić information content (AvgIpc) is 1.88. The Hall–Kier alpha value is -0.830. The SMILES string of the molecule is C=CC(CCO)OC=O. The third-order valence-electron chi connectivity index (χ3n) is 0.907. The molecule has 0 aromatic heterocycles. The first kappa shape index (κ1) is 8.17. The Morgan fingerprint density at radius 1 is 1.78 bits per heavy atom. The lowest BCUT2D eigenvalue weighted by Crippen LogP contribution is -2.09. The van der Waals surface area contributed by atoms with Crippen LogP contribution in [-0.4, -0.2) is 24.3 Å². The summed E-state index contributed by atoms with van der Waals surface area (Å²) in [6.07, 6.45) is 1.56. The van der Waals surface area contributed by atoms with Gasteiger partial charge in [-0.05, 0) is 0 Å². The zero-order valence-electron chi connectivity index (χ0n) is 5.12. The lowest BCUT2D eigenvalue weighted by Gasteiger charge is -2.06. The van der Waals surface area contributed by atoms with Crippen molar-refractivity contribution in [2.45, 2.75) is 12.5 Å². The molecule has 52 valence electrons. The van der Waals surface area contributed by atoms with Gasteiger partial charge in [0.25, 0.3) is 6.47 Å². The number of hydrogen-bond acceptors (Lipinski definition) is 3. The zero-order chi connectivity index (χ0) is 7.11. The Bertz CT molecular complexity index is 90.3. The van der Waals surface area contributed by atoms with Crippen molar-refractivity contribution in [3.8, 4) is 0 Å². The molecular formula is C6H10O3. The highest BCUT2D eigenvalue weighted by atomic mass is 16.5. The molecule has 0 saturated heterocycles. The maximum atomic E-state index is 9.70. The largest absolute Gasteiger partial charge is 0.460 e. The minimum atomic E-state index is -0.340. The summed E-state index contributed by atoms with van der Waals surface area (Å²) in [5.74, 6) is 0. The van der Waals surface area contributed by atoms with Crippen LogP contribution in [-0.2, 0) is 9.53 Å². The molecule has 0 aliphatic heterocycles. The smallest absolute Gasteiger partial charge is 0.293 e. The summed E-state index contributed by atoms with van der Waals surface area (Å²) in [6, 6.07) is 0. The Morgan fingerprint density at radius 3 is 2.78 bits per heavy atom. The van der Waals surface area contributed by atoms with E-state index in [9.17, 15) is 4.79 Å². The first-order valence-corrected chi connectivity index (χ1v) is 2.67. The predicted octanol–water partition coefficient (Wildman–Crippen LogP) is 0.0964. The summed E-state index contributed by atoms with van der Waals surface area (Å²) in [5.41, 5.74) is 0. The maximum Gasteiger partial charge on any atom is 0.293 e. The van der Waals surface area contributed by atoms with Gasteiger partial charge in [0.05, 0.1) is 0 Å². The monoisotopic (exact) mass is 130 g/mol. The summed E-state index contributed by atoms with van der Waals surface area (Å²) in [5, 5.41) is 8.35. The van der Waals surface area contributed by atoms with E-state index in [4.69, 9.17) is 5.11 Å². The summed E-state index contributed by atoms with van der Waals surface area (Å²) >= 11 is 0. The van der Waals surface area contributed by atoms with Gasteiger partial charge in [0.15, 0.2) is 0 Å². The maximum absolute atomic E-state index is 9.70. The molecule has 0 heterocycles. The lowest BCUT2D eigenvalue weighted by molar-refractivity contribution is -0.132. The third-order valence-corrected chi connectivity index (χ3v) is 0.907. The van der Waals surface area contributed by atoms with Crippen LogP contribution >= 0.6 is 0 Å². The molecule has 9 heavy (non-hydrogen) atoms. The molecule has 0 fully saturated rings. The molecule has 0 amide bonds. The average molecular weight is 130 g/mol. The quantitative estimate of drug-likeness (QED) is 0.424.